The number of hydrogen-bond acceptors (Lipinski definition) is 4. The van der Waals surface area contributed by atoms with Crippen LogP contribution in [0.2, 0.25) is 0 Å². The molecule has 1 heterocycles. The van der Waals surface area contributed by atoms with Gasteiger partial charge in [-0.05, 0) is 53.9 Å². The van der Waals surface area contributed by atoms with E-state index in [-0.39, 0.29) is 11.4 Å². The fourth-order valence-corrected chi connectivity index (χ4v) is 4.55. The smallest absolute Gasteiger partial charge is 0.261 e. The molecule has 0 spiro atoms. The van der Waals surface area contributed by atoms with Crippen LogP contribution in [0.1, 0.15) is 11.1 Å². The van der Waals surface area contributed by atoms with Gasteiger partial charge in [-0.1, -0.05) is 6.07 Å². The number of halogens is 1. The van der Waals surface area contributed by atoms with Gasteiger partial charge in [-0.2, -0.15) is 4.31 Å². The zero-order valence-electron chi connectivity index (χ0n) is 13.4. The zero-order valence-corrected chi connectivity index (χ0v) is 15.1. The van der Waals surface area contributed by atoms with E-state index in [4.69, 9.17) is 0 Å². The highest BCUT2D eigenvalue weighted by atomic mass is 32.2. The summed E-state index contributed by atoms with van der Waals surface area (Å²) in [5.74, 6) is -0.520. The molecular formula is C16H17FN2O4S2. The van der Waals surface area contributed by atoms with Gasteiger partial charge in [0, 0.05) is 18.8 Å². The average Bonchev–Trinajstić information content (AvgIpc) is 2.53. The van der Waals surface area contributed by atoms with E-state index in [1.165, 1.54) is 16.4 Å². The van der Waals surface area contributed by atoms with Gasteiger partial charge in [0.15, 0.2) is 0 Å². The minimum absolute atomic E-state index is 0.0515. The van der Waals surface area contributed by atoms with Gasteiger partial charge in [0.05, 0.1) is 11.2 Å². The second kappa shape index (κ2) is 6.40. The number of anilines is 1. The fraction of sp³-hybridized carbons (Fsp3) is 0.250. The van der Waals surface area contributed by atoms with E-state index in [9.17, 15) is 21.2 Å². The Hall–Kier alpha value is -1.97. The highest BCUT2D eigenvalue weighted by Crippen LogP contribution is 2.25. The van der Waals surface area contributed by atoms with Crippen LogP contribution in [0.4, 0.5) is 10.1 Å². The maximum Gasteiger partial charge on any atom is 0.261 e. The van der Waals surface area contributed by atoms with E-state index < -0.39 is 25.9 Å². The molecule has 0 radical (unpaired) electrons. The molecule has 0 saturated heterocycles. The Morgan fingerprint density at radius 1 is 1.00 bits per heavy atom. The van der Waals surface area contributed by atoms with Gasteiger partial charge < -0.3 is 0 Å². The summed E-state index contributed by atoms with van der Waals surface area (Å²) in [4.78, 5) is -0.0515. The highest BCUT2D eigenvalue weighted by Gasteiger charge is 2.24. The summed E-state index contributed by atoms with van der Waals surface area (Å²) >= 11 is 0. The molecule has 0 aromatic heterocycles. The zero-order chi connectivity index (χ0) is 18.2. The minimum atomic E-state index is -3.85. The van der Waals surface area contributed by atoms with Gasteiger partial charge in [-0.25, -0.2) is 21.2 Å². The molecule has 25 heavy (non-hydrogen) atoms. The summed E-state index contributed by atoms with van der Waals surface area (Å²) in [6.45, 7) is 0.618. The molecule has 0 amide bonds. The van der Waals surface area contributed by atoms with Gasteiger partial charge in [0.2, 0.25) is 10.0 Å². The Labute approximate surface area is 146 Å². The predicted molar refractivity (Wildman–Crippen MR) is 92.6 cm³/mol. The molecule has 0 atom stereocenters. The molecule has 1 aliphatic rings. The van der Waals surface area contributed by atoms with E-state index in [1.54, 1.807) is 18.2 Å². The van der Waals surface area contributed by atoms with Crippen molar-refractivity contribution in [1.82, 2.24) is 4.31 Å². The van der Waals surface area contributed by atoms with Crippen molar-refractivity contribution in [2.24, 2.45) is 0 Å². The molecule has 0 aliphatic carbocycles. The molecule has 3 rings (SSSR count). The second-order valence-electron chi connectivity index (χ2n) is 5.89. The number of rotatable bonds is 4. The van der Waals surface area contributed by atoms with Crippen LogP contribution < -0.4 is 4.72 Å². The van der Waals surface area contributed by atoms with Gasteiger partial charge in [-0.15, -0.1) is 0 Å². The summed E-state index contributed by atoms with van der Waals surface area (Å²) in [7, 11) is -7.15. The summed E-state index contributed by atoms with van der Waals surface area (Å²) in [5, 5.41) is 0. The number of fused-ring (bicyclic) bond motifs is 1. The van der Waals surface area contributed by atoms with E-state index in [0.717, 1.165) is 29.5 Å². The Bertz CT molecular complexity index is 1000. The molecule has 0 unspecified atom stereocenters. The normalized spacial score (nSPS) is 15.6. The average molecular weight is 384 g/mol. The van der Waals surface area contributed by atoms with Crippen LogP contribution in [-0.4, -0.2) is 33.9 Å². The van der Waals surface area contributed by atoms with Crippen molar-refractivity contribution >= 4 is 25.7 Å². The van der Waals surface area contributed by atoms with E-state index in [0.29, 0.717) is 18.7 Å². The van der Waals surface area contributed by atoms with Crippen molar-refractivity contribution in [3.8, 4) is 0 Å². The number of benzene rings is 2. The highest BCUT2D eigenvalue weighted by molar-refractivity contribution is 7.92. The molecule has 1 N–H and O–H groups in total. The second-order valence-corrected chi connectivity index (χ2v) is 9.55. The van der Waals surface area contributed by atoms with Crippen LogP contribution >= 0.6 is 0 Å². The Kier molecular flexibility index (Phi) is 4.56. The van der Waals surface area contributed by atoms with Crippen molar-refractivity contribution in [2.45, 2.75) is 17.9 Å². The summed E-state index contributed by atoms with van der Waals surface area (Å²) in [6, 6.07) is 9.57. The lowest BCUT2D eigenvalue weighted by atomic mass is 10.0. The number of nitrogens with one attached hydrogen (secondary N) is 1. The van der Waals surface area contributed by atoms with Crippen molar-refractivity contribution in [3.05, 3.63) is 59.4 Å². The first-order valence-electron chi connectivity index (χ1n) is 7.50. The van der Waals surface area contributed by atoms with Crippen LogP contribution in [0.15, 0.2) is 47.4 Å². The molecule has 0 fully saturated rings. The molecule has 9 heteroatoms. The van der Waals surface area contributed by atoms with Gasteiger partial charge in [0.25, 0.3) is 10.0 Å². The van der Waals surface area contributed by atoms with E-state index in [2.05, 4.69) is 4.72 Å². The Balaban J connectivity index is 1.86. The lowest BCUT2D eigenvalue weighted by Gasteiger charge is -2.27. The van der Waals surface area contributed by atoms with Gasteiger partial charge >= 0.3 is 0 Å². The molecule has 134 valence electrons. The first-order valence-corrected chi connectivity index (χ1v) is 10.8. The number of nitrogens with zero attached hydrogens (tertiary/aromatic N) is 1. The first kappa shape index (κ1) is 17.8. The van der Waals surface area contributed by atoms with E-state index >= 15 is 0 Å². The fourth-order valence-electron chi connectivity index (χ4n) is 2.71. The molecule has 2 aromatic rings. The van der Waals surface area contributed by atoms with Crippen LogP contribution in [0.5, 0.6) is 0 Å². The lowest BCUT2D eigenvalue weighted by Crippen LogP contribution is -2.35. The molecular weight excluding hydrogens is 367 g/mol. The minimum Gasteiger partial charge on any atom is -0.280 e. The molecule has 2 aromatic carbocycles. The third kappa shape index (κ3) is 4.00. The quantitative estimate of drug-likeness (QED) is 0.873. The monoisotopic (exact) mass is 384 g/mol. The number of hydrogen-bond donors (Lipinski definition) is 1. The maximum absolute atomic E-state index is 13.0. The lowest BCUT2D eigenvalue weighted by molar-refractivity contribution is 0.395. The molecule has 0 saturated carbocycles. The number of sulfonamides is 2. The third-order valence-electron chi connectivity index (χ3n) is 4.03. The SMILES string of the molecule is CS(=O)(=O)N1CCc2ccc(NS(=O)(=O)c3ccc(F)cc3)cc2C1. The van der Waals surface area contributed by atoms with Gasteiger partial charge in [0.1, 0.15) is 5.82 Å². The third-order valence-corrected chi connectivity index (χ3v) is 6.68. The largest absolute Gasteiger partial charge is 0.280 e. The van der Waals surface area contributed by atoms with Gasteiger partial charge in [-0.3, -0.25) is 4.72 Å². The summed E-state index contributed by atoms with van der Waals surface area (Å²) < 4.78 is 64.9. The van der Waals surface area contributed by atoms with Crippen molar-refractivity contribution in [1.29, 1.82) is 0 Å². The Morgan fingerprint density at radius 3 is 2.32 bits per heavy atom. The first-order chi connectivity index (χ1) is 11.6. The molecule has 0 bridgehead atoms. The maximum atomic E-state index is 13.0. The summed E-state index contributed by atoms with van der Waals surface area (Å²) in [5.41, 5.74) is 2.08. The van der Waals surface area contributed by atoms with E-state index in [1.807, 2.05) is 0 Å². The van der Waals surface area contributed by atoms with Crippen molar-refractivity contribution < 1.29 is 21.2 Å². The van der Waals surface area contributed by atoms with Crippen LogP contribution in [-0.2, 0) is 33.0 Å². The summed E-state index contributed by atoms with van der Waals surface area (Å²) in [6.07, 6.45) is 1.73. The van der Waals surface area contributed by atoms with Crippen LogP contribution in [0.3, 0.4) is 0 Å². The Morgan fingerprint density at radius 2 is 1.68 bits per heavy atom. The molecule has 6 nitrogen and oxygen atoms in total. The van der Waals surface area contributed by atoms with Crippen molar-refractivity contribution in [2.75, 3.05) is 17.5 Å². The van der Waals surface area contributed by atoms with Crippen LogP contribution in [0.25, 0.3) is 0 Å². The van der Waals surface area contributed by atoms with Crippen molar-refractivity contribution in [3.63, 3.8) is 0 Å². The topological polar surface area (TPSA) is 83.6 Å². The molecule has 1 aliphatic heterocycles. The predicted octanol–water partition coefficient (Wildman–Crippen LogP) is 1.94. The van der Waals surface area contributed by atoms with Crippen LogP contribution in [0, 0.1) is 5.82 Å². The standard InChI is InChI=1S/C16H17FN2O4S2/c1-24(20,21)19-9-8-12-2-5-15(10-13(12)11-19)18-25(22,23)16-6-3-14(17)4-7-16/h2-7,10,18H,8-9,11H2,1H3.